The lowest BCUT2D eigenvalue weighted by atomic mass is 10.2. The second-order valence-corrected chi connectivity index (χ2v) is 8.28. The van der Waals surface area contributed by atoms with Gasteiger partial charge in [-0.3, -0.25) is 10.1 Å². The number of aryl methyl sites for hydroxylation is 1. The maximum absolute atomic E-state index is 14.1. The first-order valence-corrected chi connectivity index (χ1v) is 9.80. The molecule has 2 aromatic heterocycles. The smallest absolute Gasteiger partial charge is 0.412 e. The largest absolute Gasteiger partial charge is 0.444 e. The van der Waals surface area contributed by atoms with Crippen molar-refractivity contribution >= 4 is 34.7 Å². The first-order valence-electron chi connectivity index (χ1n) is 8.98. The minimum absolute atomic E-state index is 0.110. The third-order valence-electron chi connectivity index (χ3n) is 3.62. The van der Waals surface area contributed by atoms with Crippen molar-refractivity contribution in [2.75, 3.05) is 10.6 Å². The van der Waals surface area contributed by atoms with Gasteiger partial charge < -0.3 is 10.1 Å². The highest BCUT2D eigenvalue weighted by Gasteiger charge is 2.20. The SMILES string of the molecule is Cc1nc(-c2ncccn2)sc1C(=O)Nc1ccc(F)c(NC(=O)OC(C)(C)C)c1. The van der Waals surface area contributed by atoms with E-state index < -0.39 is 23.4 Å². The number of hydrogen-bond acceptors (Lipinski definition) is 7. The maximum atomic E-state index is 14.1. The van der Waals surface area contributed by atoms with Crippen LogP contribution in [0.15, 0.2) is 36.7 Å². The monoisotopic (exact) mass is 429 g/mol. The average Bonchev–Trinajstić information content (AvgIpc) is 3.05. The van der Waals surface area contributed by atoms with E-state index in [2.05, 4.69) is 25.6 Å². The van der Waals surface area contributed by atoms with E-state index in [1.807, 2.05) is 0 Å². The molecule has 3 aromatic rings. The summed E-state index contributed by atoms with van der Waals surface area (Å²) in [6, 6.07) is 5.54. The number of rotatable bonds is 4. The van der Waals surface area contributed by atoms with Crippen LogP contribution in [0.25, 0.3) is 10.8 Å². The van der Waals surface area contributed by atoms with Crippen molar-refractivity contribution in [2.45, 2.75) is 33.3 Å². The summed E-state index contributed by atoms with van der Waals surface area (Å²) in [5, 5.41) is 5.55. The molecule has 2 N–H and O–H groups in total. The summed E-state index contributed by atoms with van der Waals surface area (Å²) in [6.45, 7) is 6.81. The summed E-state index contributed by atoms with van der Waals surface area (Å²) < 4.78 is 19.2. The molecule has 1 aromatic carbocycles. The van der Waals surface area contributed by atoms with Crippen LogP contribution in [0.5, 0.6) is 0 Å². The van der Waals surface area contributed by atoms with Crippen molar-refractivity contribution in [3.8, 4) is 10.8 Å². The number of amides is 2. The summed E-state index contributed by atoms with van der Waals surface area (Å²) in [7, 11) is 0. The summed E-state index contributed by atoms with van der Waals surface area (Å²) >= 11 is 1.15. The fraction of sp³-hybridized carbons (Fsp3) is 0.250. The number of ether oxygens (including phenoxy) is 1. The molecule has 0 spiro atoms. The van der Waals surface area contributed by atoms with Gasteiger partial charge in [-0.2, -0.15) is 0 Å². The van der Waals surface area contributed by atoms with Gasteiger partial charge in [0, 0.05) is 18.1 Å². The summed E-state index contributed by atoms with van der Waals surface area (Å²) in [4.78, 5) is 37.6. The Kier molecular flexibility index (Phi) is 6.06. The van der Waals surface area contributed by atoms with Crippen molar-refractivity contribution in [3.05, 3.63) is 53.0 Å². The van der Waals surface area contributed by atoms with Gasteiger partial charge in [-0.05, 0) is 52.0 Å². The zero-order chi connectivity index (χ0) is 21.9. The van der Waals surface area contributed by atoms with Crippen LogP contribution < -0.4 is 10.6 Å². The summed E-state index contributed by atoms with van der Waals surface area (Å²) in [5.74, 6) is -0.645. The Balaban J connectivity index is 1.76. The molecule has 156 valence electrons. The number of benzene rings is 1. The fourth-order valence-electron chi connectivity index (χ4n) is 2.41. The first kappa shape index (κ1) is 21.3. The molecule has 0 aliphatic rings. The van der Waals surface area contributed by atoms with E-state index in [1.54, 1.807) is 46.2 Å². The van der Waals surface area contributed by atoms with Gasteiger partial charge in [-0.15, -0.1) is 11.3 Å². The van der Waals surface area contributed by atoms with E-state index in [-0.39, 0.29) is 5.69 Å². The van der Waals surface area contributed by atoms with E-state index in [0.717, 1.165) is 17.4 Å². The van der Waals surface area contributed by atoms with E-state index in [0.29, 0.717) is 27.1 Å². The Morgan fingerprint density at radius 2 is 1.83 bits per heavy atom. The van der Waals surface area contributed by atoms with Crippen LogP contribution in [-0.4, -0.2) is 32.6 Å². The Morgan fingerprint density at radius 3 is 2.50 bits per heavy atom. The highest BCUT2D eigenvalue weighted by atomic mass is 32.1. The van der Waals surface area contributed by atoms with E-state index in [4.69, 9.17) is 4.74 Å². The van der Waals surface area contributed by atoms with E-state index in [9.17, 15) is 14.0 Å². The molecule has 2 amide bonds. The quantitative estimate of drug-likeness (QED) is 0.625. The Hall–Kier alpha value is -3.40. The number of aromatic nitrogens is 3. The van der Waals surface area contributed by atoms with Crippen molar-refractivity contribution in [3.63, 3.8) is 0 Å². The van der Waals surface area contributed by atoms with Gasteiger partial charge in [0.15, 0.2) is 10.8 Å². The molecule has 0 unspecified atom stereocenters. The number of halogens is 1. The lowest BCUT2D eigenvalue weighted by Crippen LogP contribution is -2.27. The summed E-state index contributed by atoms with van der Waals surface area (Å²) in [6.07, 6.45) is 2.39. The summed E-state index contributed by atoms with van der Waals surface area (Å²) in [5.41, 5.74) is -0.00983. The number of thiazole rings is 1. The average molecular weight is 429 g/mol. The van der Waals surface area contributed by atoms with Gasteiger partial charge in [0.25, 0.3) is 5.91 Å². The molecule has 3 rings (SSSR count). The zero-order valence-corrected chi connectivity index (χ0v) is 17.6. The Morgan fingerprint density at radius 1 is 1.13 bits per heavy atom. The molecule has 0 saturated carbocycles. The number of carbonyl (C=O) groups excluding carboxylic acids is 2. The maximum Gasteiger partial charge on any atom is 0.412 e. The molecular weight excluding hydrogens is 409 g/mol. The molecule has 0 radical (unpaired) electrons. The van der Waals surface area contributed by atoms with Crippen LogP contribution in [0, 0.1) is 12.7 Å². The molecule has 8 nitrogen and oxygen atoms in total. The number of nitrogens with one attached hydrogen (secondary N) is 2. The zero-order valence-electron chi connectivity index (χ0n) is 16.8. The van der Waals surface area contributed by atoms with Crippen LogP contribution in [0.4, 0.5) is 20.6 Å². The lowest BCUT2D eigenvalue weighted by molar-refractivity contribution is 0.0635. The lowest BCUT2D eigenvalue weighted by Gasteiger charge is -2.20. The van der Waals surface area contributed by atoms with Crippen molar-refractivity contribution in [2.24, 2.45) is 0 Å². The first-order chi connectivity index (χ1) is 14.1. The molecule has 2 heterocycles. The highest BCUT2D eigenvalue weighted by molar-refractivity contribution is 7.17. The van der Waals surface area contributed by atoms with Crippen LogP contribution in [0.3, 0.4) is 0 Å². The van der Waals surface area contributed by atoms with Crippen molar-refractivity contribution in [1.29, 1.82) is 0 Å². The molecule has 0 aliphatic carbocycles. The predicted octanol–water partition coefficient (Wildman–Crippen LogP) is 4.65. The number of carbonyl (C=O) groups is 2. The van der Waals surface area contributed by atoms with Crippen LogP contribution in [-0.2, 0) is 4.74 Å². The number of anilines is 2. The van der Waals surface area contributed by atoms with Crippen molar-refractivity contribution in [1.82, 2.24) is 15.0 Å². The third kappa shape index (κ3) is 5.35. The van der Waals surface area contributed by atoms with E-state index >= 15 is 0 Å². The minimum Gasteiger partial charge on any atom is -0.444 e. The van der Waals surface area contributed by atoms with E-state index in [1.165, 1.54) is 12.1 Å². The molecule has 30 heavy (non-hydrogen) atoms. The third-order valence-corrected chi connectivity index (χ3v) is 4.77. The van der Waals surface area contributed by atoms with Gasteiger partial charge in [-0.1, -0.05) is 0 Å². The van der Waals surface area contributed by atoms with Gasteiger partial charge in [0.1, 0.15) is 16.3 Å². The number of nitrogens with zero attached hydrogens (tertiary/aromatic N) is 3. The minimum atomic E-state index is -0.796. The second-order valence-electron chi connectivity index (χ2n) is 7.28. The molecule has 0 fully saturated rings. The normalized spacial score (nSPS) is 11.1. The van der Waals surface area contributed by atoms with Crippen LogP contribution >= 0.6 is 11.3 Å². The molecule has 10 heteroatoms. The van der Waals surface area contributed by atoms with Crippen LogP contribution in [0.1, 0.15) is 36.1 Å². The fourth-order valence-corrected chi connectivity index (χ4v) is 3.32. The van der Waals surface area contributed by atoms with Crippen molar-refractivity contribution < 1.29 is 18.7 Å². The predicted molar refractivity (Wildman–Crippen MR) is 112 cm³/mol. The topological polar surface area (TPSA) is 106 Å². The highest BCUT2D eigenvalue weighted by Crippen LogP contribution is 2.27. The van der Waals surface area contributed by atoms with Gasteiger partial charge >= 0.3 is 6.09 Å². The van der Waals surface area contributed by atoms with Gasteiger partial charge in [0.2, 0.25) is 0 Å². The standard InChI is InChI=1S/C20H20FN5O3S/c1-11-15(30-18(24-11)16-22-8-5-9-23-16)17(27)25-12-6-7-13(21)14(10-12)26-19(28)29-20(2,3)4/h5-10H,1-4H3,(H,25,27)(H,26,28). The van der Waals surface area contributed by atoms with Crippen LogP contribution in [0.2, 0.25) is 0 Å². The second kappa shape index (κ2) is 8.54. The molecule has 0 atom stereocenters. The molecule has 0 bridgehead atoms. The van der Waals surface area contributed by atoms with Gasteiger partial charge in [-0.25, -0.2) is 24.1 Å². The molecular formula is C20H20FN5O3S. The Labute approximate surface area is 176 Å². The Bertz CT molecular complexity index is 1080. The number of hydrogen-bond donors (Lipinski definition) is 2. The molecule has 0 aliphatic heterocycles. The van der Waals surface area contributed by atoms with Gasteiger partial charge in [0.05, 0.1) is 11.4 Å². The molecule has 0 saturated heterocycles.